The normalized spacial score (nSPS) is 26.4. The zero-order valence-corrected chi connectivity index (χ0v) is 15.2. The highest BCUT2D eigenvalue weighted by Gasteiger charge is 2.51. The van der Waals surface area contributed by atoms with Crippen molar-refractivity contribution in [2.24, 2.45) is 0 Å². The van der Waals surface area contributed by atoms with E-state index in [0.29, 0.717) is 0 Å². The van der Waals surface area contributed by atoms with Gasteiger partial charge < -0.3 is 14.4 Å². The van der Waals surface area contributed by atoms with Crippen molar-refractivity contribution in [3.8, 4) is 11.5 Å². The lowest BCUT2D eigenvalue weighted by molar-refractivity contribution is 0.194. The predicted molar refractivity (Wildman–Crippen MR) is 104 cm³/mol. The lowest BCUT2D eigenvalue weighted by Crippen LogP contribution is -2.38. The van der Waals surface area contributed by atoms with Crippen LogP contribution in [0.25, 0.3) is 5.57 Å². The van der Waals surface area contributed by atoms with Crippen molar-refractivity contribution in [1.29, 1.82) is 0 Å². The molecule has 0 unspecified atom stereocenters. The number of hydrogen-bond donors (Lipinski definition) is 0. The third-order valence-electron chi connectivity index (χ3n) is 5.99. The number of allylic oxidation sites excluding steroid dienone is 2. The SMILES string of the molecule is COc1ccc2c3c1O[C@@H]1C=C(c4ccccc4)C=C[C@@]31CCN(C)C2. The molecular weight excluding hydrogens is 322 g/mol. The second-order valence-electron chi connectivity index (χ2n) is 7.52. The van der Waals surface area contributed by atoms with Crippen molar-refractivity contribution in [1.82, 2.24) is 4.90 Å². The summed E-state index contributed by atoms with van der Waals surface area (Å²) in [6.45, 7) is 2.00. The third kappa shape index (κ3) is 2.17. The molecule has 5 rings (SSSR count). The number of nitrogens with zero attached hydrogens (tertiary/aromatic N) is 1. The quantitative estimate of drug-likeness (QED) is 0.815. The summed E-state index contributed by atoms with van der Waals surface area (Å²) in [7, 11) is 3.92. The molecule has 0 amide bonds. The Hall–Kier alpha value is -2.52. The lowest BCUT2D eigenvalue weighted by atomic mass is 9.70. The molecule has 0 fully saturated rings. The highest BCUT2D eigenvalue weighted by Crippen LogP contribution is 2.55. The zero-order valence-electron chi connectivity index (χ0n) is 15.2. The summed E-state index contributed by atoms with van der Waals surface area (Å²) < 4.78 is 12.1. The van der Waals surface area contributed by atoms with Gasteiger partial charge in [0.1, 0.15) is 6.10 Å². The fraction of sp³-hybridized carbons (Fsp3) is 0.304. The van der Waals surface area contributed by atoms with E-state index in [4.69, 9.17) is 9.47 Å². The van der Waals surface area contributed by atoms with Crippen molar-refractivity contribution >= 4 is 5.57 Å². The molecule has 2 aliphatic heterocycles. The van der Waals surface area contributed by atoms with E-state index in [1.165, 1.54) is 22.3 Å². The van der Waals surface area contributed by atoms with Gasteiger partial charge in [0, 0.05) is 12.1 Å². The standard InChI is InChI=1S/C23H23NO2/c1-24-13-12-23-11-10-17(16-6-4-3-5-7-16)14-20(23)26-22-19(25-2)9-8-18(15-24)21(22)23/h3-11,14,20H,12-13,15H2,1-2H3/t20-,23+/m1/s1. The monoisotopic (exact) mass is 345 g/mol. The highest BCUT2D eigenvalue weighted by atomic mass is 16.5. The Kier molecular flexibility index (Phi) is 3.47. The Labute approximate surface area is 154 Å². The molecule has 0 bridgehead atoms. The van der Waals surface area contributed by atoms with Crippen LogP contribution in [0.5, 0.6) is 11.5 Å². The Morgan fingerprint density at radius 2 is 2.00 bits per heavy atom. The van der Waals surface area contributed by atoms with Crippen molar-refractivity contribution in [3.05, 3.63) is 77.4 Å². The predicted octanol–water partition coefficient (Wildman–Crippen LogP) is 4.18. The van der Waals surface area contributed by atoms with Crippen molar-refractivity contribution in [3.63, 3.8) is 0 Å². The molecule has 0 N–H and O–H groups in total. The van der Waals surface area contributed by atoms with Crippen LogP contribution in [0, 0.1) is 0 Å². The first-order valence-electron chi connectivity index (χ1n) is 9.23. The maximum absolute atomic E-state index is 6.52. The first-order chi connectivity index (χ1) is 12.7. The van der Waals surface area contributed by atoms with Crippen LogP contribution in [0.15, 0.2) is 60.7 Å². The molecule has 0 saturated carbocycles. The molecule has 0 radical (unpaired) electrons. The molecule has 26 heavy (non-hydrogen) atoms. The molecule has 2 heterocycles. The van der Waals surface area contributed by atoms with Crippen molar-refractivity contribution in [2.45, 2.75) is 24.5 Å². The maximum atomic E-state index is 6.52. The Morgan fingerprint density at radius 3 is 2.81 bits per heavy atom. The lowest BCUT2D eigenvalue weighted by Gasteiger charge is -2.33. The van der Waals surface area contributed by atoms with Crippen LogP contribution in [0.4, 0.5) is 0 Å². The molecule has 132 valence electrons. The molecule has 3 nitrogen and oxygen atoms in total. The highest BCUT2D eigenvalue weighted by molar-refractivity contribution is 5.78. The van der Waals surface area contributed by atoms with Crippen LogP contribution in [0.1, 0.15) is 23.1 Å². The minimum Gasteiger partial charge on any atom is -0.493 e. The summed E-state index contributed by atoms with van der Waals surface area (Å²) >= 11 is 0. The summed E-state index contributed by atoms with van der Waals surface area (Å²) in [5.41, 5.74) is 5.04. The first kappa shape index (κ1) is 15.7. The van der Waals surface area contributed by atoms with Gasteiger partial charge in [0.25, 0.3) is 0 Å². The van der Waals surface area contributed by atoms with E-state index in [2.05, 4.69) is 66.6 Å². The van der Waals surface area contributed by atoms with E-state index >= 15 is 0 Å². The second-order valence-corrected chi connectivity index (χ2v) is 7.52. The molecule has 3 aliphatic rings. The number of benzene rings is 2. The molecule has 2 aromatic carbocycles. The Balaban J connectivity index is 1.67. The van der Waals surface area contributed by atoms with E-state index in [9.17, 15) is 0 Å². The van der Waals surface area contributed by atoms with Crippen LogP contribution < -0.4 is 9.47 Å². The van der Waals surface area contributed by atoms with Gasteiger partial charge in [-0.15, -0.1) is 0 Å². The van der Waals surface area contributed by atoms with E-state index in [1.54, 1.807) is 7.11 Å². The average Bonchev–Trinajstić information content (AvgIpc) is 2.94. The van der Waals surface area contributed by atoms with E-state index in [-0.39, 0.29) is 11.5 Å². The van der Waals surface area contributed by atoms with Crippen LogP contribution in [0.3, 0.4) is 0 Å². The molecule has 1 aliphatic carbocycles. The fourth-order valence-electron chi connectivity index (χ4n) is 4.64. The Bertz CT molecular complexity index is 915. The van der Waals surface area contributed by atoms with Gasteiger partial charge in [0.2, 0.25) is 0 Å². The average molecular weight is 345 g/mol. The van der Waals surface area contributed by atoms with Crippen molar-refractivity contribution in [2.75, 3.05) is 20.7 Å². The number of ether oxygens (including phenoxy) is 2. The van der Waals surface area contributed by atoms with Gasteiger partial charge in [-0.2, -0.15) is 0 Å². The molecule has 1 spiro atoms. The minimum atomic E-state index is -0.0950. The summed E-state index contributed by atoms with van der Waals surface area (Å²) in [6.07, 6.45) is 8.02. The largest absolute Gasteiger partial charge is 0.493 e. The summed E-state index contributed by atoms with van der Waals surface area (Å²) in [6, 6.07) is 14.8. The van der Waals surface area contributed by atoms with Gasteiger partial charge in [0.05, 0.1) is 12.5 Å². The van der Waals surface area contributed by atoms with Crippen LogP contribution in [-0.4, -0.2) is 31.7 Å². The Morgan fingerprint density at radius 1 is 1.15 bits per heavy atom. The van der Waals surface area contributed by atoms with Gasteiger partial charge in [-0.25, -0.2) is 0 Å². The second kappa shape index (κ2) is 5.75. The maximum Gasteiger partial charge on any atom is 0.166 e. The van der Waals surface area contributed by atoms with Gasteiger partial charge in [-0.1, -0.05) is 48.6 Å². The van der Waals surface area contributed by atoms with Gasteiger partial charge in [-0.3, -0.25) is 0 Å². The van der Waals surface area contributed by atoms with Crippen LogP contribution >= 0.6 is 0 Å². The van der Waals surface area contributed by atoms with E-state index in [0.717, 1.165) is 31.0 Å². The fourth-order valence-corrected chi connectivity index (χ4v) is 4.64. The van der Waals surface area contributed by atoms with E-state index < -0.39 is 0 Å². The van der Waals surface area contributed by atoms with E-state index in [1.807, 2.05) is 6.07 Å². The summed E-state index contributed by atoms with van der Waals surface area (Å²) in [4.78, 5) is 2.40. The smallest absolute Gasteiger partial charge is 0.166 e. The van der Waals surface area contributed by atoms with Gasteiger partial charge in [0.15, 0.2) is 11.5 Å². The number of methoxy groups -OCH3 is 1. The van der Waals surface area contributed by atoms with Crippen molar-refractivity contribution < 1.29 is 9.47 Å². The molecule has 2 aromatic rings. The summed E-state index contributed by atoms with van der Waals surface area (Å²) in [5, 5.41) is 0. The molecule has 0 saturated heterocycles. The molecular formula is C23H23NO2. The molecule has 0 aromatic heterocycles. The van der Waals surface area contributed by atoms with Crippen LogP contribution in [0.2, 0.25) is 0 Å². The first-order valence-corrected chi connectivity index (χ1v) is 9.23. The van der Waals surface area contributed by atoms with Crippen LogP contribution in [-0.2, 0) is 12.0 Å². The summed E-state index contributed by atoms with van der Waals surface area (Å²) in [5.74, 6) is 1.77. The third-order valence-corrected chi connectivity index (χ3v) is 5.99. The number of rotatable bonds is 2. The molecule has 2 atom stereocenters. The molecule has 3 heteroatoms. The topological polar surface area (TPSA) is 21.7 Å². The minimum absolute atomic E-state index is 0.0132. The van der Waals surface area contributed by atoms with Gasteiger partial charge in [-0.05, 0) is 48.9 Å². The zero-order chi connectivity index (χ0) is 17.7. The number of hydrogen-bond acceptors (Lipinski definition) is 3. The van der Waals surface area contributed by atoms with Gasteiger partial charge >= 0.3 is 0 Å².